The van der Waals surface area contributed by atoms with Gasteiger partial charge in [-0.15, -0.1) is 11.3 Å². The van der Waals surface area contributed by atoms with Gasteiger partial charge in [-0.3, -0.25) is 4.79 Å². The van der Waals surface area contributed by atoms with Gasteiger partial charge in [-0.25, -0.2) is 4.39 Å². The maximum absolute atomic E-state index is 13.4. The van der Waals surface area contributed by atoms with Crippen molar-refractivity contribution >= 4 is 17.3 Å². The first-order valence-corrected chi connectivity index (χ1v) is 5.37. The van der Waals surface area contributed by atoms with Crippen molar-refractivity contribution in [1.82, 2.24) is 0 Å². The molecule has 0 amide bonds. The Bertz CT molecular complexity index is 434. The summed E-state index contributed by atoms with van der Waals surface area (Å²) in [4.78, 5) is 10.0. The number of halogens is 4. The van der Waals surface area contributed by atoms with E-state index in [-0.39, 0.29) is 16.2 Å². The van der Waals surface area contributed by atoms with Crippen LogP contribution in [0, 0.1) is 5.82 Å². The van der Waals surface area contributed by atoms with Gasteiger partial charge in [0.1, 0.15) is 10.7 Å². The smallest absolute Gasteiger partial charge is 0.425 e. The van der Waals surface area contributed by atoms with Gasteiger partial charge in [0.15, 0.2) is 0 Å². The first-order valence-electron chi connectivity index (χ1n) is 4.56. The van der Waals surface area contributed by atoms with Crippen molar-refractivity contribution in [2.24, 2.45) is 0 Å². The lowest BCUT2D eigenvalue weighted by molar-refractivity contribution is -0.146. The third-order valence-corrected chi connectivity index (χ3v) is 3.71. The minimum absolute atomic E-state index is 0.216. The van der Waals surface area contributed by atoms with Crippen LogP contribution in [0.4, 0.5) is 17.6 Å². The number of methoxy groups -OCH3 is 1. The molecule has 2 nitrogen and oxygen atoms in total. The zero-order chi connectivity index (χ0) is 13.4. The number of thiophene rings is 1. The Labute approximate surface area is 99.2 Å². The molecule has 1 rings (SSSR count). The zero-order valence-corrected chi connectivity index (χ0v) is 10.1. The molecule has 0 radical (unpaired) electrons. The fourth-order valence-electron chi connectivity index (χ4n) is 1.28. The van der Waals surface area contributed by atoms with E-state index in [0.29, 0.717) is 6.07 Å². The summed E-state index contributed by atoms with van der Waals surface area (Å²) in [6.45, 7) is 2.63. The van der Waals surface area contributed by atoms with Gasteiger partial charge in [0, 0.05) is 0 Å². The summed E-state index contributed by atoms with van der Waals surface area (Å²) >= 11 is 0.216. The highest BCUT2D eigenvalue weighted by Gasteiger charge is 2.40. The van der Waals surface area contributed by atoms with Crippen LogP contribution >= 0.6 is 11.3 Å². The lowest BCUT2D eigenvalue weighted by Gasteiger charge is -2.19. The molecule has 0 saturated heterocycles. The second kappa shape index (κ2) is 4.29. The zero-order valence-electron chi connectivity index (χ0n) is 9.31. The van der Waals surface area contributed by atoms with Crippen molar-refractivity contribution in [3.63, 3.8) is 0 Å². The topological polar surface area (TPSA) is 26.3 Å². The molecule has 0 spiro atoms. The van der Waals surface area contributed by atoms with Gasteiger partial charge >= 0.3 is 12.1 Å². The highest BCUT2D eigenvalue weighted by atomic mass is 32.1. The minimum atomic E-state index is -4.62. The molecule has 0 saturated carbocycles. The fourth-order valence-corrected chi connectivity index (χ4v) is 2.28. The molecule has 1 aromatic heterocycles. The summed E-state index contributed by atoms with van der Waals surface area (Å²) in [7, 11) is 1.10. The molecule has 0 bridgehead atoms. The van der Waals surface area contributed by atoms with Crippen LogP contribution < -0.4 is 0 Å². The maximum Gasteiger partial charge on any atom is 0.425 e. The summed E-state index contributed by atoms with van der Waals surface area (Å²) in [5.74, 6) is -1.83. The Morgan fingerprint density at radius 1 is 1.35 bits per heavy atom. The van der Waals surface area contributed by atoms with Gasteiger partial charge in [0.2, 0.25) is 0 Å². The quantitative estimate of drug-likeness (QED) is 0.608. The highest BCUT2D eigenvalue weighted by molar-refractivity contribution is 7.12. The molecule has 17 heavy (non-hydrogen) atoms. The Kier molecular flexibility index (Phi) is 3.52. The molecule has 7 heteroatoms. The monoisotopic (exact) mass is 270 g/mol. The number of hydrogen-bond acceptors (Lipinski definition) is 3. The van der Waals surface area contributed by atoms with E-state index in [1.54, 1.807) is 0 Å². The Hall–Kier alpha value is -1.11. The van der Waals surface area contributed by atoms with Crippen LogP contribution in [-0.2, 0) is 21.1 Å². The SMILES string of the molecule is COC(=O)C(C)(C)c1sc(C(F)(F)F)cc1F. The average Bonchev–Trinajstić information content (AvgIpc) is 2.59. The number of hydrogen-bond donors (Lipinski definition) is 0. The number of rotatable bonds is 2. The second-order valence-electron chi connectivity index (χ2n) is 3.90. The van der Waals surface area contributed by atoms with Crippen molar-refractivity contribution in [1.29, 1.82) is 0 Å². The van der Waals surface area contributed by atoms with E-state index in [1.165, 1.54) is 13.8 Å². The first kappa shape index (κ1) is 14.0. The van der Waals surface area contributed by atoms with Crippen LogP contribution in [0.5, 0.6) is 0 Å². The summed E-state index contributed by atoms with van der Waals surface area (Å²) in [6, 6.07) is 0.394. The molecule has 0 aromatic carbocycles. The van der Waals surface area contributed by atoms with Crippen LogP contribution in [0.15, 0.2) is 6.07 Å². The second-order valence-corrected chi connectivity index (χ2v) is 4.95. The molecule has 0 aliphatic heterocycles. The van der Waals surface area contributed by atoms with Crippen LogP contribution in [0.2, 0.25) is 0 Å². The molecular formula is C10H10F4O2S. The lowest BCUT2D eigenvalue weighted by atomic mass is 9.91. The lowest BCUT2D eigenvalue weighted by Crippen LogP contribution is -2.30. The van der Waals surface area contributed by atoms with E-state index < -0.39 is 28.3 Å². The third-order valence-electron chi connectivity index (χ3n) is 2.23. The van der Waals surface area contributed by atoms with Crippen LogP contribution in [0.3, 0.4) is 0 Å². The molecule has 1 aromatic rings. The van der Waals surface area contributed by atoms with Gasteiger partial charge in [0.05, 0.1) is 17.4 Å². The molecule has 0 aliphatic rings. The van der Waals surface area contributed by atoms with Crippen LogP contribution in [-0.4, -0.2) is 13.1 Å². The van der Waals surface area contributed by atoms with E-state index in [2.05, 4.69) is 4.74 Å². The van der Waals surface area contributed by atoms with Gasteiger partial charge < -0.3 is 4.74 Å². The Balaban J connectivity index is 3.25. The maximum atomic E-state index is 13.4. The van der Waals surface area contributed by atoms with Crippen molar-refractivity contribution < 1.29 is 27.1 Å². The third kappa shape index (κ3) is 2.59. The summed E-state index contributed by atoms with van der Waals surface area (Å²) < 4.78 is 55.0. The summed E-state index contributed by atoms with van der Waals surface area (Å²) in [5, 5.41) is 0. The minimum Gasteiger partial charge on any atom is -0.468 e. The van der Waals surface area contributed by atoms with Crippen molar-refractivity contribution in [3.8, 4) is 0 Å². The van der Waals surface area contributed by atoms with Gasteiger partial charge in [-0.2, -0.15) is 13.2 Å². The molecular weight excluding hydrogens is 260 g/mol. The molecule has 0 unspecified atom stereocenters. The van der Waals surface area contributed by atoms with Crippen molar-refractivity contribution in [2.75, 3.05) is 7.11 Å². The number of ether oxygens (including phenoxy) is 1. The Morgan fingerprint density at radius 2 is 1.88 bits per heavy atom. The summed E-state index contributed by atoms with van der Waals surface area (Å²) in [6.07, 6.45) is -4.62. The number of carbonyl (C=O) groups is 1. The number of alkyl halides is 3. The van der Waals surface area contributed by atoms with E-state index in [0.717, 1.165) is 7.11 Å². The molecule has 0 atom stereocenters. The highest BCUT2D eigenvalue weighted by Crippen LogP contribution is 2.41. The average molecular weight is 270 g/mol. The van der Waals surface area contributed by atoms with Crippen molar-refractivity contribution in [3.05, 3.63) is 21.6 Å². The van der Waals surface area contributed by atoms with E-state index in [9.17, 15) is 22.4 Å². The van der Waals surface area contributed by atoms with E-state index in [1.807, 2.05) is 0 Å². The predicted molar refractivity (Wildman–Crippen MR) is 54.3 cm³/mol. The van der Waals surface area contributed by atoms with Gasteiger partial charge in [0.25, 0.3) is 0 Å². The fraction of sp³-hybridized carbons (Fsp3) is 0.500. The Morgan fingerprint density at radius 3 is 2.24 bits per heavy atom. The molecule has 0 N–H and O–H groups in total. The van der Waals surface area contributed by atoms with Crippen LogP contribution in [0.1, 0.15) is 23.6 Å². The van der Waals surface area contributed by atoms with Gasteiger partial charge in [-0.05, 0) is 19.9 Å². The van der Waals surface area contributed by atoms with Gasteiger partial charge in [-0.1, -0.05) is 0 Å². The number of carbonyl (C=O) groups excluding carboxylic acids is 1. The molecule has 0 fully saturated rings. The molecule has 1 heterocycles. The molecule has 0 aliphatic carbocycles. The predicted octanol–water partition coefficient (Wildman–Crippen LogP) is 3.36. The van der Waals surface area contributed by atoms with Crippen molar-refractivity contribution in [2.45, 2.75) is 25.4 Å². The van der Waals surface area contributed by atoms with E-state index in [4.69, 9.17) is 0 Å². The first-order chi connectivity index (χ1) is 7.60. The normalized spacial score (nSPS) is 12.6. The molecule has 96 valence electrons. The van der Waals surface area contributed by atoms with Crippen LogP contribution in [0.25, 0.3) is 0 Å². The summed E-state index contributed by atoms with van der Waals surface area (Å²) in [5.41, 5.74) is -1.44. The largest absolute Gasteiger partial charge is 0.468 e. The van der Waals surface area contributed by atoms with E-state index >= 15 is 0 Å². The standard InChI is InChI=1S/C10H10F4O2S/c1-9(2,8(15)16-3)7-5(11)4-6(17-7)10(12,13)14/h4H,1-3H3. The number of esters is 1.